The van der Waals surface area contributed by atoms with Gasteiger partial charge in [0.2, 0.25) is 0 Å². The number of hydrogen-bond acceptors (Lipinski definition) is 5. The first kappa shape index (κ1) is 20.8. The molecule has 0 aromatic rings. The van der Waals surface area contributed by atoms with Gasteiger partial charge in [-0.1, -0.05) is 20.8 Å². The van der Waals surface area contributed by atoms with Crippen LogP contribution < -0.4 is 0 Å². The van der Waals surface area contributed by atoms with Crippen molar-refractivity contribution in [3.8, 4) is 0 Å². The summed E-state index contributed by atoms with van der Waals surface area (Å²) in [5.41, 5.74) is 1.58. The zero-order chi connectivity index (χ0) is 19.5. The van der Waals surface area contributed by atoms with Gasteiger partial charge in [-0.2, -0.15) is 0 Å². The summed E-state index contributed by atoms with van der Waals surface area (Å²) in [6.45, 7) is 12.6. The molecule has 0 aromatic carbocycles. The first-order valence-corrected chi connectivity index (χ1v) is 9.53. The van der Waals surface area contributed by atoms with Gasteiger partial charge in [-0.25, -0.2) is 4.79 Å². The van der Waals surface area contributed by atoms with E-state index in [0.29, 0.717) is 18.8 Å². The minimum absolute atomic E-state index is 0.254. The van der Waals surface area contributed by atoms with Gasteiger partial charge in [-0.15, -0.1) is 0 Å². The third-order valence-electron chi connectivity index (χ3n) is 5.00. The number of carboxylic acid groups (broad SMARTS) is 1. The molecule has 148 valence electrons. The maximum atomic E-state index is 12.0. The lowest BCUT2D eigenvalue weighted by molar-refractivity contribution is -0.134. The van der Waals surface area contributed by atoms with E-state index in [1.807, 2.05) is 32.0 Å². The van der Waals surface area contributed by atoms with E-state index in [2.05, 4.69) is 30.6 Å². The Labute approximate surface area is 158 Å². The van der Waals surface area contributed by atoms with Crippen LogP contribution in [0, 0.1) is 5.41 Å². The summed E-state index contributed by atoms with van der Waals surface area (Å²) in [6, 6.07) is 0. The topological polar surface area (TPSA) is 56.2 Å². The van der Waals surface area contributed by atoms with Crippen LogP contribution >= 0.6 is 0 Å². The fraction of sp³-hybridized carbons (Fsp3) is 0.750. The number of morpholine rings is 1. The molecule has 6 heteroatoms. The minimum Gasteiger partial charge on any atom is -0.478 e. The summed E-state index contributed by atoms with van der Waals surface area (Å²) in [4.78, 5) is 18.6. The molecule has 1 unspecified atom stereocenters. The highest BCUT2D eigenvalue weighted by Crippen LogP contribution is 2.32. The molecule has 0 spiro atoms. The van der Waals surface area contributed by atoms with Crippen molar-refractivity contribution >= 4 is 5.97 Å². The van der Waals surface area contributed by atoms with Crippen LogP contribution in [0.3, 0.4) is 0 Å². The average molecular weight is 366 g/mol. The molecular weight excluding hydrogens is 330 g/mol. The van der Waals surface area contributed by atoms with Crippen molar-refractivity contribution in [2.45, 2.75) is 46.7 Å². The minimum atomic E-state index is -0.834. The van der Waals surface area contributed by atoms with Crippen molar-refractivity contribution in [1.82, 2.24) is 14.7 Å². The predicted octanol–water partition coefficient (Wildman–Crippen LogP) is 2.59. The number of likely N-dealkylation sites (N-methyl/N-ethyl adjacent to an activating group) is 1. The third-order valence-corrected chi connectivity index (χ3v) is 5.00. The van der Waals surface area contributed by atoms with Crippen LogP contribution in [0.5, 0.6) is 0 Å². The van der Waals surface area contributed by atoms with E-state index in [4.69, 9.17) is 4.74 Å². The van der Waals surface area contributed by atoms with Crippen LogP contribution in [-0.4, -0.2) is 78.9 Å². The van der Waals surface area contributed by atoms with Crippen molar-refractivity contribution in [3.05, 3.63) is 23.0 Å². The molecule has 0 radical (unpaired) electrons. The Hall–Kier alpha value is -1.53. The van der Waals surface area contributed by atoms with Gasteiger partial charge in [0.05, 0.1) is 18.8 Å². The summed E-state index contributed by atoms with van der Waals surface area (Å²) in [7, 11) is 3.92. The van der Waals surface area contributed by atoms with E-state index in [1.54, 1.807) is 0 Å². The molecule has 2 heterocycles. The predicted molar refractivity (Wildman–Crippen MR) is 104 cm³/mol. The van der Waals surface area contributed by atoms with Crippen molar-refractivity contribution in [3.63, 3.8) is 0 Å². The Bertz CT molecular complexity index is 569. The largest absolute Gasteiger partial charge is 0.478 e. The number of aliphatic carboxylic acids is 1. The second-order valence-corrected chi connectivity index (χ2v) is 8.70. The molecule has 26 heavy (non-hydrogen) atoms. The number of carboxylic acids is 1. The lowest BCUT2D eigenvalue weighted by Gasteiger charge is -2.46. The Kier molecular flexibility index (Phi) is 6.74. The quantitative estimate of drug-likeness (QED) is 0.781. The normalized spacial score (nSPS) is 22.1. The molecular formula is C20H35N3O3. The highest BCUT2D eigenvalue weighted by molar-refractivity contribution is 5.90. The average Bonchev–Trinajstić information content (AvgIpc) is 2.54. The van der Waals surface area contributed by atoms with Crippen molar-refractivity contribution in [2.75, 3.05) is 46.9 Å². The van der Waals surface area contributed by atoms with Crippen LogP contribution in [0.15, 0.2) is 23.0 Å². The van der Waals surface area contributed by atoms with Gasteiger partial charge in [0.15, 0.2) is 0 Å². The zero-order valence-electron chi connectivity index (χ0n) is 17.2. The SMILES string of the molecule is CC1=C(C(=O)O)C(N(C)C)N(CCCC(C)(C)C)C(N2CCOCC2)=C1. The summed E-state index contributed by atoms with van der Waals surface area (Å²) >= 11 is 0. The second-order valence-electron chi connectivity index (χ2n) is 8.70. The first-order chi connectivity index (χ1) is 12.1. The molecule has 2 aliphatic rings. The van der Waals surface area contributed by atoms with Crippen LogP contribution in [0.2, 0.25) is 0 Å². The maximum Gasteiger partial charge on any atom is 0.335 e. The molecule has 1 fully saturated rings. The summed E-state index contributed by atoms with van der Waals surface area (Å²) in [5, 5.41) is 9.82. The fourth-order valence-corrected chi connectivity index (χ4v) is 3.74. The third kappa shape index (κ3) is 5.01. The number of nitrogens with zero attached hydrogens (tertiary/aromatic N) is 3. The molecule has 1 N–H and O–H groups in total. The summed E-state index contributed by atoms with van der Waals surface area (Å²) < 4.78 is 5.51. The lowest BCUT2D eigenvalue weighted by atomic mass is 9.90. The Morgan fingerprint density at radius 2 is 1.92 bits per heavy atom. The molecule has 6 nitrogen and oxygen atoms in total. The van der Waals surface area contributed by atoms with Crippen molar-refractivity contribution < 1.29 is 14.6 Å². The van der Waals surface area contributed by atoms with Crippen LogP contribution in [0.25, 0.3) is 0 Å². The highest BCUT2D eigenvalue weighted by Gasteiger charge is 2.36. The number of hydrogen-bond donors (Lipinski definition) is 1. The van der Waals surface area contributed by atoms with Crippen molar-refractivity contribution in [2.24, 2.45) is 5.41 Å². The van der Waals surface area contributed by atoms with E-state index < -0.39 is 5.97 Å². The van der Waals surface area contributed by atoms with Gasteiger partial charge in [0.25, 0.3) is 0 Å². The fourth-order valence-electron chi connectivity index (χ4n) is 3.74. The van der Waals surface area contributed by atoms with Gasteiger partial charge < -0.3 is 19.6 Å². The second kappa shape index (κ2) is 8.44. The van der Waals surface area contributed by atoms with Crippen LogP contribution in [-0.2, 0) is 9.53 Å². The molecule has 2 aliphatic heterocycles. The highest BCUT2D eigenvalue weighted by atomic mass is 16.5. The standard InChI is InChI=1S/C20H35N3O3/c1-15-14-16(22-10-12-26-13-11-22)23(9-7-8-20(2,3)4)18(21(5)6)17(15)19(24)25/h14,18H,7-13H2,1-6H3,(H,24,25). The van der Waals surface area contributed by atoms with E-state index in [-0.39, 0.29) is 11.6 Å². The van der Waals surface area contributed by atoms with Crippen molar-refractivity contribution in [1.29, 1.82) is 0 Å². The van der Waals surface area contributed by atoms with E-state index in [1.165, 1.54) is 0 Å². The molecule has 1 saturated heterocycles. The van der Waals surface area contributed by atoms with Crippen LogP contribution in [0.1, 0.15) is 40.5 Å². The van der Waals surface area contributed by atoms with E-state index in [9.17, 15) is 9.90 Å². The number of carbonyl (C=O) groups is 1. The molecule has 0 bridgehead atoms. The molecule has 0 aromatic heterocycles. The van der Waals surface area contributed by atoms with E-state index in [0.717, 1.165) is 43.9 Å². The monoisotopic (exact) mass is 365 g/mol. The van der Waals surface area contributed by atoms with Gasteiger partial charge in [-0.3, -0.25) is 4.90 Å². The van der Waals surface area contributed by atoms with Gasteiger partial charge >= 0.3 is 5.97 Å². The number of allylic oxidation sites excluding steroid dienone is 2. The first-order valence-electron chi connectivity index (χ1n) is 9.53. The summed E-state index contributed by atoms with van der Waals surface area (Å²) in [5.74, 6) is 0.294. The van der Waals surface area contributed by atoms with E-state index >= 15 is 0 Å². The Morgan fingerprint density at radius 1 is 1.31 bits per heavy atom. The van der Waals surface area contributed by atoms with Gasteiger partial charge in [0, 0.05) is 19.6 Å². The Morgan fingerprint density at radius 3 is 2.42 bits per heavy atom. The molecule has 2 rings (SSSR count). The Balaban J connectivity index is 2.35. The van der Waals surface area contributed by atoms with Gasteiger partial charge in [-0.05, 0) is 50.9 Å². The number of rotatable bonds is 6. The smallest absolute Gasteiger partial charge is 0.335 e. The molecule has 0 amide bonds. The lowest BCUT2D eigenvalue weighted by Crippen LogP contribution is -2.54. The molecule has 0 saturated carbocycles. The van der Waals surface area contributed by atoms with Gasteiger partial charge in [0.1, 0.15) is 12.0 Å². The zero-order valence-corrected chi connectivity index (χ0v) is 17.2. The number of ether oxygens (including phenoxy) is 1. The maximum absolute atomic E-state index is 12.0. The summed E-state index contributed by atoms with van der Waals surface area (Å²) in [6.07, 6.45) is 3.92. The van der Waals surface area contributed by atoms with Crippen LogP contribution in [0.4, 0.5) is 0 Å². The molecule has 1 atom stereocenters. The molecule has 0 aliphatic carbocycles.